The van der Waals surface area contributed by atoms with Crippen molar-refractivity contribution >= 4 is 34.5 Å². The smallest absolute Gasteiger partial charge is 0.338 e. The minimum Gasteiger partial charge on any atom is -0.462 e. The third-order valence-electron chi connectivity index (χ3n) is 4.77. The maximum Gasteiger partial charge on any atom is 0.338 e. The monoisotopic (exact) mass is 436 g/mol. The van der Waals surface area contributed by atoms with Gasteiger partial charge in [-0.3, -0.25) is 19.0 Å². The van der Waals surface area contributed by atoms with Crippen molar-refractivity contribution in [2.45, 2.75) is 26.3 Å². The first-order valence-electron chi connectivity index (χ1n) is 10.2. The van der Waals surface area contributed by atoms with Crippen LogP contribution >= 0.6 is 0 Å². The summed E-state index contributed by atoms with van der Waals surface area (Å²) in [5.74, 6) is -1.05. The number of carbonyl (C=O) groups is 3. The summed E-state index contributed by atoms with van der Waals surface area (Å²) < 4.78 is 6.29. The third-order valence-corrected chi connectivity index (χ3v) is 4.77. The highest BCUT2D eigenvalue weighted by molar-refractivity contribution is 5.93. The summed E-state index contributed by atoms with van der Waals surface area (Å²) in [5.41, 5.74) is 1.75. The van der Waals surface area contributed by atoms with E-state index >= 15 is 0 Å². The Labute approximate surface area is 184 Å². The van der Waals surface area contributed by atoms with Crippen LogP contribution in [0.3, 0.4) is 0 Å². The topological polar surface area (TPSA) is 119 Å². The maximum absolute atomic E-state index is 13.0. The number of ether oxygens (including phenoxy) is 1. The first kappa shape index (κ1) is 22.7. The number of nitrogens with zero attached hydrogens (tertiary/aromatic N) is 2. The summed E-state index contributed by atoms with van der Waals surface area (Å²) in [4.78, 5) is 53.4. The van der Waals surface area contributed by atoms with Crippen molar-refractivity contribution in [3.05, 3.63) is 70.1 Å². The van der Waals surface area contributed by atoms with Crippen LogP contribution in [-0.2, 0) is 27.3 Å². The molecule has 0 aliphatic heterocycles. The van der Waals surface area contributed by atoms with Gasteiger partial charge in [0, 0.05) is 25.6 Å². The molecule has 3 rings (SSSR count). The fourth-order valence-corrected chi connectivity index (χ4v) is 3.17. The van der Waals surface area contributed by atoms with Gasteiger partial charge < -0.3 is 15.4 Å². The van der Waals surface area contributed by atoms with E-state index in [2.05, 4.69) is 15.6 Å². The molecule has 0 saturated carbocycles. The largest absolute Gasteiger partial charge is 0.462 e. The molecule has 0 bridgehead atoms. The zero-order valence-corrected chi connectivity index (χ0v) is 17.9. The summed E-state index contributed by atoms with van der Waals surface area (Å²) in [6.45, 7) is 1.77. The van der Waals surface area contributed by atoms with E-state index in [0.717, 1.165) is 0 Å². The van der Waals surface area contributed by atoms with Crippen molar-refractivity contribution in [1.82, 2.24) is 14.9 Å². The second-order valence-electron chi connectivity index (χ2n) is 6.96. The van der Waals surface area contributed by atoms with E-state index in [-0.39, 0.29) is 37.6 Å². The van der Waals surface area contributed by atoms with Gasteiger partial charge in [0.2, 0.25) is 11.8 Å². The van der Waals surface area contributed by atoms with Crippen LogP contribution in [0.5, 0.6) is 0 Å². The number of esters is 1. The summed E-state index contributed by atoms with van der Waals surface area (Å²) in [7, 11) is 1.53. The molecule has 2 aromatic carbocycles. The van der Waals surface area contributed by atoms with Gasteiger partial charge in [0.25, 0.3) is 5.56 Å². The van der Waals surface area contributed by atoms with E-state index in [1.54, 1.807) is 55.5 Å². The molecule has 32 heavy (non-hydrogen) atoms. The fourth-order valence-electron chi connectivity index (χ4n) is 3.17. The Balaban J connectivity index is 1.82. The van der Waals surface area contributed by atoms with Gasteiger partial charge in [0.05, 0.1) is 23.2 Å². The lowest BCUT2D eigenvalue weighted by Gasteiger charge is -2.13. The molecule has 0 radical (unpaired) electrons. The lowest BCUT2D eigenvalue weighted by molar-refractivity contribution is -0.120. The molecule has 9 heteroatoms. The summed E-state index contributed by atoms with van der Waals surface area (Å²) in [6, 6.07) is 13.3. The Morgan fingerprint density at radius 3 is 2.44 bits per heavy atom. The minimum atomic E-state index is -0.440. The highest BCUT2D eigenvalue weighted by atomic mass is 16.5. The predicted octanol–water partition coefficient (Wildman–Crippen LogP) is 1.89. The Morgan fingerprint density at radius 1 is 1.03 bits per heavy atom. The van der Waals surface area contributed by atoms with Crippen molar-refractivity contribution in [2.24, 2.45) is 0 Å². The van der Waals surface area contributed by atoms with Crippen molar-refractivity contribution in [1.29, 1.82) is 0 Å². The molecule has 0 atom stereocenters. The Hall–Kier alpha value is -4.01. The zero-order valence-electron chi connectivity index (χ0n) is 17.9. The van der Waals surface area contributed by atoms with Gasteiger partial charge in [-0.1, -0.05) is 12.1 Å². The number of carbonyl (C=O) groups excluding carboxylic acids is 3. The second kappa shape index (κ2) is 10.3. The van der Waals surface area contributed by atoms with Crippen LogP contribution in [0.4, 0.5) is 5.69 Å². The fraction of sp³-hybridized carbons (Fsp3) is 0.261. The van der Waals surface area contributed by atoms with Crippen molar-refractivity contribution in [3.63, 3.8) is 0 Å². The average Bonchev–Trinajstić information content (AvgIpc) is 2.80. The van der Waals surface area contributed by atoms with Crippen LogP contribution in [0.1, 0.15) is 29.4 Å². The highest BCUT2D eigenvalue weighted by Gasteiger charge is 2.15. The molecule has 0 unspecified atom stereocenters. The maximum atomic E-state index is 13.0. The zero-order chi connectivity index (χ0) is 23.1. The van der Waals surface area contributed by atoms with Crippen molar-refractivity contribution in [3.8, 4) is 0 Å². The van der Waals surface area contributed by atoms with Crippen LogP contribution in [0.15, 0.2) is 53.3 Å². The number of anilines is 1. The van der Waals surface area contributed by atoms with Gasteiger partial charge in [-0.05, 0) is 43.3 Å². The van der Waals surface area contributed by atoms with Gasteiger partial charge in [-0.2, -0.15) is 0 Å². The molecule has 2 N–H and O–H groups in total. The molecule has 9 nitrogen and oxygen atoms in total. The molecule has 166 valence electrons. The number of hydrogen-bond donors (Lipinski definition) is 2. The number of hydrogen-bond acceptors (Lipinski definition) is 6. The first-order chi connectivity index (χ1) is 15.4. The van der Waals surface area contributed by atoms with Crippen LogP contribution in [-0.4, -0.2) is 41.0 Å². The predicted molar refractivity (Wildman–Crippen MR) is 119 cm³/mol. The number of aryl methyl sites for hydroxylation is 1. The molecule has 0 aliphatic carbocycles. The van der Waals surface area contributed by atoms with Crippen LogP contribution in [0.2, 0.25) is 0 Å². The van der Waals surface area contributed by atoms with Crippen LogP contribution in [0, 0.1) is 0 Å². The summed E-state index contributed by atoms with van der Waals surface area (Å²) >= 11 is 0. The number of nitrogens with one attached hydrogen (secondary N) is 2. The number of para-hydroxylation sites is 2. The SMILES string of the molecule is CCOC(=O)c1ccc(NC(=O)Cn2c(=O)c(CCC(=O)NC)nc3ccccc32)cc1. The molecule has 1 aromatic heterocycles. The van der Waals surface area contributed by atoms with Crippen LogP contribution < -0.4 is 16.2 Å². The third kappa shape index (κ3) is 5.37. The second-order valence-corrected chi connectivity index (χ2v) is 6.96. The molecule has 0 aliphatic rings. The quantitative estimate of drug-likeness (QED) is 0.521. The molecule has 2 amide bonds. The van der Waals surface area contributed by atoms with E-state index in [9.17, 15) is 19.2 Å². The Bertz CT molecular complexity index is 1200. The number of rotatable bonds is 8. The Kier molecular flexibility index (Phi) is 7.33. The molecule has 0 fully saturated rings. The molecule has 1 heterocycles. The normalized spacial score (nSPS) is 10.6. The molecule has 0 spiro atoms. The lowest BCUT2D eigenvalue weighted by atomic mass is 10.2. The van der Waals surface area contributed by atoms with Gasteiger partial charge in [-0.15, -0.1) is 0 Å². The van der Waals surface area contributed by atoms with E-state index < -0.39 is 17.4 Å². The Morgan fingerprint density at radius 2 is 1.75 bits per heavy atom. The standard InChI is InChI=1S/C23H24N4O5/c1-3-32-23(31)15-8-10-16(11-9-15)25-21(29)14-27-19-7-5-4-6-17(19)26-18(22(27)30)12-13-20(28)24-2/h4-11H,3,12-14H2,1-2H3,(H,24,28)(H,25,29). The summed E-state index contributed by atoms with van der Waals surface area (Å²) in [5, 5.41) is 5.24. The molecule has 3 aromatic rings. The van der Waals surface area contributed by atoms with E-state index in [4.69, 9.17) is 4.74 Å². The summed E-state index contributed by atoms with van der Waals surface area (Å²) in [6.07, 6.45) is 0.288. The van der Waals surface area contributed by atoms with Gasteiger partial charge in [0.1, 0.15) is 12.2 Å². The number of aromatic nitrogens is 2. The van der Waals surface area contributed by atoms with Gasteiger partial charge in [0.15, 0.2) is 0 Å². The molecular formula is C23H24N4O5. The number of amides is 2. The first-order valence-corrected chi connectivity index (χ1v) is 10.2. The van der Waals surface area contributed by atoms with E-state index in [1.165, 1.54) is 11.6 Å². The van der Waals surface area contributed by atoms with E-state index in [0.29, 0.717) is 22.3 Å². The lowest BCUT2D eigenvalue weighted by Crippen LogP contribution is -2.31. The van der Waals surface area contributed by atoms with Crippen LogP contribution in [0.25, 0.3) is 11.0 Å². The number of fused-ring (bicyclic) bond motifs is 1. The van der Waals surface area contributed by atoms with Crippen molar-refractivity contribution in [2.75, 3.05) is 19.0 Å². The minimum absolute atomic E-state index is 0.121. The van der Waals surface area contributed by atoms with Gasteiger partial charge >= 0.3 is 5.97 Å². The average molecular weight is 436 g/mol. The van der Waals surface area contributed by atoms with E-state index in [1.807, 2.05) is 0 Å². The van der Waals surface area contributed by atoms with Crippen molar-refractivity contribution < 1.29 is 19.1 Å². The number of benzene rings is 2. The highest BCUT2D eigenvalue weighted by Crippen LogP contribution is 2.13. The molecular weight excluding hydrogens is 412 g/mol. The molecule has 0 saturated heterocycles. The van der Waals surface area contributed by atoms with Gasteiger partial charge in [-0.25, -0.2) is 9.78 Å².